The van der Waals surface area contributed by atoms with Crippen LogP contribution in [0.25, 0.3) is 0 Å². The molecule has 1 amide bonds. The minimum atomic E-state index is -0.0580. The standard InChI is InChI=1S/C17H26N2O2/c1-4-6-12(2)18-16(20)11-21-15-8-5-7-14-10-9-13(3)19-17(14)15/h5,7-8,12-13,19H,4,6,9-11H2,1-3H3,(H,18,20). The summed E-state index contributed by atoms with van der Waals surface area (Å²) in [5, 5.41) is 6.41. The second kappa shape index (κ2) is 7.34. The predicted molar refractivity (Wildman–Crippen MR) is 85.9 cm³/mol. The van der Waals surface area contributed by atoms with Gasteiger partial charge in [0.25, 0.3) is 5.91 Å². The molecular formula is C17H26N2O2. The number of para-hydroxylation sites is 1. The number of anilines is 1. The van der Waals surface area contributed by atoms with Crippen LogP contribution in [-0.2, 0) is 11.2 Å². The lowest BCUT2D eigenvalue weighted by atomic mass is 9.98. The van der Waals surface area contributed by atoms with Crippen molar-refractivity contribution in [3.63, 3.8) is 0 Å². The molecule has 2 rings (SSSR count). The quantitative estimate of drug-likeness (QED) is 0.846. The van der Waals surface area contributed by atoms with Gasteiger partial charge in [0.15, 0.2) is 6.61 Å². The number of carbonyl (C=O) groups excluding carboxylic acids is 1. The number of fused-ring (bicyclic) bond motifs is 1. The first kappa shape index (κ1) is 15.7. The molecular weight excluding hydrogens is 264 g/mol. The average molecular weight is 290 g/mol. The summed E-state index contributed by atoms with van der Waals surface area (Å²) in [7, 11) is 0. The van der Waals surface area contributed by atoms with E-state index in [1.165, 1.54) is 5.56 Å². The van der Waals surface area contributed by atoms with Crippen molar-refractivity contribution in [3.8, 4) is 5.75 Å². The Kier molecular flexibility index (Phi) is 5.48. The van der Waals surface area contributed by atoms with Crippen LogP contribution in [0.3, 0.4) is 0 Å². The second-order valence-corrected chi connectivity index (χ2v) is 5.92. The molecule has 0 fully saturated rings. The van der Waals surface area contributed by atoms with Crippen molar-refractivity contribution in [1.82, 2.24) is 5.32 Å². The summed E-state index contributed by atoms with van der Waals surface area (Å²) in [5.74, 6) is 0.717. The minimum absolute atomic E-state index is 0.0580. The zero-order valence-electron chi connectivity index (χ0n) is 13.2. The summed E-state index contributed by atoms with van der Waals surface area (Å²) in [4.78, 5) is 11.9. The van der Waals surface area contributed by atoms with E-state index in [0.717, 1.165) is 37.1 Å². The summed E-state index contributed by atoms with van der Waals surface area (Å²) in [6.07, 6.45) is 4.24. The molecule has 1 heterocycles. The maximum atomic E-state index is 11.9. The maximum Gasteiger partial charge on any atom is 0.258 e. The van der Waals surface area contributed by atoms with Gasteiger partial charge >= 0.3 is 0 Å². The van der Waals surface area contributed by atoms with Crippen LogP contribution in [-0.4, -0.2) is 24.6 Å². The Morgan fingerprint density at radius 2 is 2.33 bits per heavy atom. The first-order valence-corrected chi connectivity index (χ1v) is 7.90. The first-order chi connectivity index (χ1) is 10.1. The highest BCUT2D eigenvalue weighted by Gasteiger charge is 2.18. The highest BCUT2D eigenvalue weighted by molar-refractivity contribution is 5.78. The molecule has 0 spiro atoms. The third-order valence-corrected chi connectivity index (χ3v) is 3.84. The van der Waals surface area contributed by atoms with E-state index in [-0.39, 0.29) is 18.6 Å². The fourth-order valence-electron chi connectivity index (χ4n) is 2.72. The summed E-state index contributed by atoms with van der Waals surface area (Å²) in [6, 6.07) is 6.68. The monoisotopic (exact) mass is 290 g/mol. The molecule has 4 nitrogen and oxygen atoms in total. The molecule has 2 unspecified atom stereocenters. The predicted octanol–water partition coefficient (Wildman–Crippen LogP) is 3.12. The molecule has 1 aliphatic heterocycles. The highest BCUT2D eigenvalue weighted by atomic mass is 16.5. The number of ether oxygens (including phenoxy) is 1. The van der Waals surface area contributed by atoms with Gasteiger partial charge in [-0.05, 0) is 44.7 Å². The first-order valence-electron chi connectivity index (χ1n) is 7.90. The maximum absolute atomic E-state index is 11.9. The highest BCUT2D eigenvalue weighted by Crippen LogP contribution is 2.33. The SMILES string of the molecule is CCCC(C)NC(=O)COc1cccc2c1NC(C)CC2. The van der Waals surface area contributed by atoms with Gasteiger partial charge in [-0.2, -0.15) is 0 Å². The zero-order valence-corrected chi connectivity index (χ0v) is 13.2. The van der Waals surface area contributed by atoms with Crippen molar-refractivity contribution < 1.29 is 9.53 Å². The molecule has 2 atom stereocenters. The van der Waals surface area contributed by atoms with Crippen LogP contribution >= 0.6 is 0 Å². The number of aryl methyl sites for hydroxylation is 1. The van der Waals surface area contributed by atoms with Crippen molar-refractivity contribution in [1.29, 1.82) is 0 Å². The molecule has 0 bridgehead atoms. The molecule has 0 aromatic heterocycles. The van der Waals surface area contributed by atoms with Crippen LogP contribution in [0.15, 0.2) is 18.2 Å². The van der Waals surface area contributed by atoms with Crippen molar-refractivity contribution in [2.24, 2.45) is 0 Å². The Hall–Kier alpha value is -1.71. The number of hydrogen-bond donors (Lipinski definition) is 2. The number of benzene rings is 1. The Bertz CT molecular complexity index is 488. The molecule has 21 heavy (non-hydrogen) atoms. The van der Waals surface area contributed by atoms with Gasteiger partial charge < -0.3 is 15.4 Å². The van der Waals surface area contributed by atoms with Crippen LogP contribution < -0.4 is 15.4 Å². The number of carbonyl (C=O) groups is 1. The van der Waals surface area contributed by atoms with Gasteiger partial charge in [0.05, 0.1) is 5.69 Å². The second-order valence-electron chi connectivity index (χ2n) is 5.92. The molecule has 0 aliphatic carbocycles. The van der Waals surface area contributed by atoms with E-state index in [1.807, 2.05) is 19.1 Å². The van der Waals surface area contributed by atoms with Crippen LogP contribution in [0.5, 0.6) is 5.75 Å². The molecule has 4 heteroatoms. The molecule has 0 saturated carbocycles. The summed E-state index contributed by atoms with van der Waals surface area (Å²) in [6.45, 7) is 6.37. The van der Waals surface area contributed by atoms with E-state index >= 15 is 0 Å². The van der Waals surface area contributed by atoms with Crippen LogP contribution in [0.4, 0.5) is 5.69 Å². The average Bonchev–Trinajstić information content (AvgIpc) is 2.45. The van der Waals surface area contributed by atoms with E-state index in [9.17, 15) is 4.79 Å². The molecule has 1 aliphatic rings. The zero-order chi connectivity index (χ0) is 15.2. The van der Waals surface area contributed by atoms with Crippen molar-refractivity contribution in [3.05, 3.63) is 23.8 Å². The van der Waals surface area contributed by atoms with Gasteiger partial charge in [0.1, 0.15) is 5.75 Å². The van der Waals surface area contributed by atoms with Crippen LogP contribution in [0, 0.1) is 0 Å². The molecule has 2 N–H and O–H groups in total. The fraction of sp³-hybridized carbons (Fsp3) is 0.588. The fourth-order valence-corrected chi connectivity index (χ4v) is 2.72. The van der Waals surface area contributed by atoms with E-state index in [4.69, 9.17) is 4.74 Å². The summed E-state index contributed by atoms with van der Waals surface area (Å²) in [5.41, 5.74) is 2.32. The number of nitrogens with one attached hydrogen (secondary N) is 2. The molecule has 116 valence electrons. The van der Waals surface area contributed by atoms with Crippen LogP contribution in [0.1, 0.15) is 45.6 Å². The van der Waals surface area contributed by atoms with Crippen molar-refractivity contribution in [2.75, 3.05) is 11.9 Å². The van der Waals surface area contributed by atoms with E-state index in [1.54, 1.807) is 0 Å². The lowest BCUT2D eigenvalue weighted by Gasteiger charge is -2.26. The summed E-state index contributed by atoms with van der Waals surface area (Å²) < 4.78 is 5.72. The lowest BCUT2D eigenvalue weighted by Crippen LogP contribution is -2.36. The Morgan fingerprint density at radius 3 is 3.10 bits per heavy atom. The molecule has 0 radical (unpaired) electrons. The molecule has 0 saturated heterocycles. The third kappa shape index (κ3) is 4.38. The summed E-state index contributed by atoms with van der Waals surface area (Å²) >= 11 is 0. The Morgan fingerprint density at radius 1 is 1.52 bits per heavy atom. The molecule has 1 aromatic carbocycles. The van der Waals surface area contributed by atoms with Crippen molar-refractivity contribution >= 4 is 11.6 Å². The van der Waals surface area contributed by atoms with Gasteiger partial charge in [-0.3, -0.25) is 4.79 Å². The van der Waals surface area contributed by atoms with Gasteiger partial charge in [0, 0.05) is 12.1 Å². The van der Waals surface area contributed by atoms with Crippen molar-refractivity contribution in [2.45, 2.75) is 58.5 Å². The van der Waals surface area contributed by atoms with E-state index < -0.39 is 0 Å². The normalized spacial score (nSPS) is 18.3. The van der Waals surface area contributed by atoms with E-state index in [0.29, 0.717) is 6.04 Å². The van der Waals surface area contributed by atoms with Gasteiger partial charge in [-0.25, -0.2) is 0 Å². The topological polar surface area (TPSA) is 50.4 Å². The smallest absolute Gasteiger partial charge is 0.258 e. The Labute approximate surface area is 127 Å². The van der Waals surface area contributed by atoms with Gasteiger partial charge in [0.2, 0.25) is 0 Å². The van der Waals surface area contributed by atoms with Gasteiger partial charge in [-0.1, -0.05) is 25.5 Å². The van der Waals surface area contributed by atoms with Crippen LogP contribution in [0.2, 0.25) is 0 Å². The van der Waals surface area contributed by atoms with E-state index in [2.05, 4.69) is 30.5 Å². The largest absolute Gasteiger partial charge is 0.482 e. The Balaban J connectivity index is 1.93. The number of rotatable bonds is 6. The van der Waals surface area contributed by atoms with Gasteiger partial charge in [-0.15, -0.1) is 0 Å². The number of hydrogen-bond acceptors (Lipinski definition) is 3. The lowest BCUT2D eigenvalue weighted by molar-refractivity contribution is -0.123. The minimum Gasteiger partial charge on any atom is -0.482 e. The number of amides is 1. The third-order valence-electron chi connectivity index (χ3n) is 3.84. The molecule has 1 aromatic rings.